The first-order valence-corrected chi connectivity index (χ1v) is 4.95. The number of halogens is 1. The van der Waals surface area contributed by atoms with Crippen molar-refractivity contribution in [2.24, 2.45) is 0 Å². The number of hydrazine groups is 1. The van der Waals surface area contributed by atoms with Crippen molar-refractivity contribution in [1.29, 1.82) is 0 Å². The third kappa shape index (κ3) is 2.57. The lowest BCUT2D eigenvalue weighted by Gasteiger charge is -2.30. The highest BCUT2D eigenvalue weighted by atomic mass is 35.5. The molecule has 0 aromatic carbocycles. The van der Waals surface area contributed by atoms with Crippen molar-refractivity contribution in [2.45, 2.75) is 5.56 Å². The molecule has 5 heteroatoms. The monoisotopic (exact) mass is 213 g/mol. The van der Waals surface area contributed by atoms with Crippen LogP contribution in [0.4, 0.5) is 5.69 Å². The van der Waals surface area contributed by atoms with Gasteiger partial charge in [0.05, 0.1) is 18.8 Å². The predicted octanol–water partition coefficient (Wildman–Crippen LogP) is 1.31. The van der Waals surface area contributed by atoms with E-state index in [1.165, 1.54) is 0 Å². The molecule has 0 aliphatic carbocycles. The lowest BCUT2D eigenvalue weighted by Crippen LogP contribution is -2.43. The van der Waals surface area contributed by atoms with Gasteiger partial charge in [0.15, 0.2) is 0 Å². The fourth-order valence-electron chi connectivity index (χ4n) is 1.32. The summed E-state index contributed by atoms with van der Waals surface area (Å²) in [5.41, 5.74) is 4.04. The number of nitrogens with zero attached hydrogens (tertiary/aromatic N) is 2. The lowest BCUT2D eigenvalue weighted by molar-refractivity contribution is 0.0248. The van der Waals surface area contributed by atoms with E-state index in [0.717, 1.165) is 12.2 Å². The summed E-state index contributed by atoms with van der Waals surface area (Å²) >= 11 is 5.86. The van der Waals surface area contributed by atoms with Crippen LogP contribution in [0.25, 0.3) is 0 Å². The number of pyridine rings is 1. The first-order valence-electron chi connectivity index (χ1n) is 4.52. The van der Waals surface area contributed by atoms with Gasteiger partial charge in [-0.25, -0.2) is 5.01 Å². The number of nitrogens with one attached hydrogen (secondary N) is 1. The predicted molar refractivity (Wildman–Crippen MR) is 55.0 cm³/mol. The van der Waals surface area contributed by atoms with Crippen molar-refractivity contribution < 1.29 is 4.74 Å². The fraction of sp³-hybridized carbons (Fsp3) is 0.444. The molecule has 4 nitrogen and oxygen atoms in total. The summed E-state index contributed by atoms with van der Waals surface area (Å²) in [6, 6.07) is 3.83. The summed E-state index contributed by atoms with van der Waals surface area (Å²) in [4.78, 5) is 3.94. The number of rotatable bonds is 2. The molecule has 1 aromatic rings. The molecule has 0 spiro atoms. The van der Waals surface area contributed by atoms with Gasteiger partial charge in [-0.2, -0.15) is 0 Å². The van der Waals surface area contributed by atoms with Gasteiger partial charge in [-0.1, -0.05) is 11.6 Å². The Balaban J connectivity index is 1.91. The summed E-state index contributed by atoms with van der Waals surface area (Å²) in [6.07, 6.45) is 3.50. The van der Waals surface area contributed by atoms with Crippen LogP contribution < -0.4 is 5.43 Å². The number of hydrogen-bond donors (Lipinski definition) is 1. The van der Waals surface area contributed by atoms with Gasteiger partial charge in [0.25, 0.3) is 0 Å². The molecule has 2 heterocycles. The van der Waals surface area contributed by atoms with E-state index in [9.17, 15) is 0 Å². The minimum Gasteiger partial charge on any atom is -0.360 e. The van der Waals surface area contributed by atoms with Crippen molar-refractivity contribution in [2.75, 3.05) is 25.1 Å². The maximum absolute atomic E-state index is 5.86. The van der Waals surface area contributed by atoms with Crippen molar-refractivity contribution >= 4 is 17.3 Å². The number of hydrogen-bond acceptors (Lipinski definition) is 4. The van der Waals surface area contributed by atoms with Gasteiger partial charge in [-0.15, -0.1) is 0 Å². The van der Waals surface area contributed by atoms with E-state index in [4.69, 9.17) is 16.3 Å². The molecule has 0 bridgehead atoms. The number of anilines is 1. The SMILES string of the molecule is ClC1CN(Nc2ccncc2)CCO1. The summed E-state index contributed by atoms with van der Waals surface area (Å²) in [7, 11) is 0. The van der Waals surface area contributed by atoms with Gasteiger partial charge < -0.3 is 10.2 Å². The van der Waals surface area contributed by atoms with Crippen LogP contribution >= 0.6 is 11.6 Å². The topological polar surface area (TPSA) is 37.4 Å². The zero-order valence-electron chi connectivity index (χ0n) is 7.69. The van der Waals surface area contributed by atoms with Gasteiger partial charge in [0, 0.05) is 18.9 Å². The van der Waals surface area contributed by atoms with Crippen LogP contribution in [0.2, 0.25) is 0 Å². The number of alkyl halides is 1. The summed E-state index contributed by atoms with van der Waals surface area (Å²) in [6.45, 7) is 2.18. The van der Waals surface area contributed by atoms with Gasteiger partial charge >= 0.3 is 0 Å². The fourth-order valence-corrected chi connectivity index (χ4v) is 1.57. The van der Waals surface area contributed by atoms with Gasteiger partial charge in [-0.3, -0.25) is 4.98 Å². The Labute approximate surface area is 87.8 Å². The van der Waals surface area contributed by atoms with E-state index in [2.05, 4.69) is 10.4 Å². The number of ether oxygens (including phenoxy) is 1. The first-order chi connectivity index (χ1) is 6.84. The average Bonchev–Trinajstić information content (AvgIpc) is 2.19. The molecular formula is C9H12ClN3O. The zero-order chi connectivity index (χ0) is 9.80. The maximum atomic E-state index is 5.86. The van der Waals surface area contributed by atoms with E-state index in [-0.39, 0.29) is 5.56 Å². The molecule has 76 valence electrons. The maximum Gasteiger partial charge on any atom is 0.145 e. The second-order valence-corrected chi connectivity index (χ2v) is 3.56. The molecule has 2 rings (SSSR count). The Kier molecular flexibility index (Phi) is 3.18. The zero-order valence-corrected chi connectivity index (χ0v) is 8.44. The minimum atomic E-state index is -0.224. The Morgan fingerprint density at radius 2 is 2.29 bits per heavy atom. The van der Waals surface area contributed by atoms with Crippen LogP contribution in [0.1, 0.15) is 0 Å². The van der Waals surface area contributed by atoms with Crippen LogP contribution in [0, 0.1) is 0 Å². The van der Waals surface area contributed by atoms with Crippen LogP contribution in [0.3, 0.4) is 0 Å². The molecule has 1 saturated heterocycles. The summed E-state index contributed by atoms with van der Waals surface area (Å²) < 4.78 is 5.22. The normalized spacial score (nSPS) is 23.4. The average molecular weight is 214 g/mol. The Morgan fingerprint density at radius 1 is 1.50 bits per heavy atom. The smallest absolute Gasteiger partial charge is 0.145 e. The molecule has 1 N–H and O–H groups in total. The van der Waals surface area contributed by atoms with E-state index < -0.39 is 0 Å². The third-order valence-electron chi connectivity index (χ3n) is 1.99. The third-order valence-corrected chi connectivity index (χ3v) is 2.26. The largest absolute Gasteiger partial charge is 0.360 e. The molecule has 0 amide bonds. The molecule has 1 aromatic heterocycles. The van der Waals surface area contributed by atoms with Crippen molar-refractivity contribution in [3.63, 3.8) is 0 Å². The summed E-state index contributed by atoms with van der Waals surface area (Å²) in [5, 5.41) is 2.04. The van der Waals surface area contributed by atoms with Gasteiger partial charge in [-0.05, 0) is 12.1 Å². The number of aromatic nitrogens is 1. The van der Waals surface area contributed by atoms with Crippen LogP contribution in [-0.2, 0) is 4.74 Å². The van der Waals surface area contributed by atoms with Gasteiger partial charge in [0.1, 0.15) is 5.56 Å². The van der Waals surface area contributed by atoms with E-state index in [1.54, 1.807) is 12.4 Å². The van der Waals surface area contributed by atoms with Gasteiger partial charge in [0.2, 0.25) is 0 Å². The highest BCUT2D eigenvalue weighted by Gasteiger charge is 2.17. The van der Waals surface area contributed by atoms with Crippen molar-refractivity contribution in [3.8, 4) is 0 Å². The van der Waals surface area contributed by atoms with Crippen molar-refractivity contribution in [1.82, 2.24) is 9.99 Å². The molecular weight excluding hydrogens is 202 g/mol. The quantitative estimate of drug-likeness (QED) is 0.752. The number of morpholine rings is 1. The molecule has 1 aliphatic rings. The van der Waals surface area contributed by atoms with E-state index >= 15 is 0 Å². The highest BCUT2D eigenvalue weighted by Crippen LogP contribution is 2.11. The Hall–Kier alpha value is -0.840. The van der Waals surface area contributed by atoms with E-state index in [0.29, 0.717) is 13.2 Å². The molecule has 1 atom stereocenters. The molecule has 0 saturated carbocycles. The van der Waals surface area contributed by atoms with Crippen molar-refractivity contribution in [3.05, 3.63) is 24.5 Å². The molecule has 14 heavy (non-hydrogen) atoms. The Bertz CT molecular complexity index is 283. The lowest BCUT2D eigenvalue weighted by atomic mass is 10.4. The second kappa shape index (κ2) is 4.59. The highest BCUT2D eigenvalue weighted by molar-refractivity contribution is 6.19. The molecule has 0 radical (unpaired) electrons. The Morgan fingerprint density at radius 3 is 3.00 bits per heavy atom. The van der Waals surface area contributed by atoms with Crippen LogP contribution in [0.15, 0.2) is 24.5 Å². The minimum absolute atomic E-state index is 0.224. The standard InChI is InChI=1S/C9H12ClN3O/c10-9-7-13(5-6-14-9)12-8-1-3-11-4-2-8/h1-4,9H,5-7H2,(H,11,12). The van der Waals surface area contributed by atoms with Crippen LogP contribution in [-0.4, -0.2) is 35.3 Å². The first kappa shape index (κ1) is 9.71. The summed E-state index contributed by atoms with van der Waals surface area (Å²) in [5.74, 6) is 0. The molecule has 1 fully saturated rings. The van der Waals surface area contributed by atoms with Crippen LogP contribution in [0.5, 0.6) is 0 Å². The molecule has 1 unspecified atom stereocenters. The molecule has 1 aliphatic heterocycles. The van der Waals surface area contributed by atoms with E-state index in [1.807, 2.05) is 17.1 Å². The second-order valence-electron chi connectivity index (χ2n) is 3.07.